The van der Waals surface area contributed by atoms with Crippen molar-refractivity contribution in [3.63, 3.8) is 0 Å². The van der Waals surface area contributed by atoms with Crippen LogP contribution in [0, 0.1) is 0 Å². The number of fused-ring (bicyclic) bond motifs is 1. The molecule has 0 fully saturated rings. The molecular formula is C25H36N4O4S. The number of hydrogen-bond acceptors (Lipinski definition) is 8. The van der Waals surface area contributed by atoms with Gasteiger partial charge < -0.3 is 19.5 Å². The number of thioether (sulfide) groups is 1. The largest absolute Gasteiger partial charge is 0.493 e. The van der Waals surface area contributed by atoms with Gasteiger partial charge in [0.25, 0.3) is 0 Å². The van der Waals surface area contributed by atoms with Crippen molar-refractivity contribution in [1.29, 1.82) is 0 Å². The van der Waals surface area contributed by atoms with Gasteiger partial charge in [-0.1, -0.05) is 51.4 Å². The van der Waals surface area contributed by atoms with Crippen molar-refractivity contribution in [2.24, 2.45) is 0 Å². The van der Waals surface area contributed by atoms with E-state index in [2.05, 4.69) is 24.1 Å². The van der Waals surface area contributed by atoms with E-state index >= 15 is 0 Å². The fraction of sp³-hybridized carbons (Fsp3) is 0.560. The summed E-state index contributed by atoms with van der Waals surface area (Å²) in [5.74, 6) is 2.49. The number of methoxy groups -OCH3 is 1. The van der Waals surface area contributed by atoms with Gasteiger partial charge in [0, 0.05) is 11.4 Å². The number of nitrogens with one attached hydrogen (secondary N) is 1. The van der Waals surface area contributed by atoms with Crippen molar-refractivity contribution >= 4 is 23.7 Å². The summed E-state index contributed by atoms with van der Waals surface area (Å²) >= 11 is 1.62. The number of anilines is 1. The Hall–Kier alpha value is -2.68. The van der Waals surface area contributed by atoms with E-state index in [1.807, 2.05) is 32.0 Å². The molecule has 2 aromatic rings. The van der Waals surface area contributed by atoms with Gasteiger partial charge in [-0.3, -0.25) is 0 Å². The molecule has 0 amide bonds. The number of allylic oxidation sites excluding steroid dienone is 1. The summed E-state index contributed by atoms with van der Waals surface area (Å²) in [5, 5.41) is 8.69. The van der Waals surface area contributed by atoms with Crippen LogP contribution in [0.15, 0.2) is 34.6 Å². The van der Waals surface area contributed by atoms with Crippen LogP contribution >= 0.6 is 11.8 Å². The summed E-state index contributed by atoms with van der Waals surface area (Å²) in [6.07, 6.45) is 4.97. The Kier molecular flexibility index (Phi) is 9.68. The number of carbonyl (C=O) groups excluding carboxylic acids is 1. The van der Waals surface area contributed by atoms with E-state index in [4.69, 9.17) is 19.3 Å². The minimum absolute atomic E-state index is 0.359. The van der Waals surface area contributed by atoms with Crippen LogP contribution in [0.25, 0.3) is 0 Å². The van der Waals surface area contributed by atoms with E-state index in [9.17, 15) is 4.79 Å². The highest BCUT2D eigenvalue weighted by Gasteiger charge is 2.35. The minimum atomic E-state index is -0.493. The standard InChI is InChI=1S/C25H36N4O4S/c1-6-9-14-32-19-12-11-18(16-20(19)31-5)22-21(23(30)33-13-8-3)17(4)26-24-27-25(28-29(22)24)34-15-10-7-2/h11-12,16,22H,6-10,13-15H2,1-5H3,(H,26,27,28). The number of nitrogens with zero attached hydrogens (tertiary/aromatic N) is 3. The van der Waals surface area contributed by atoms with Crippen LogP contribution in [-0.4, -0.2) is 46.8 Å². The molecule has 1 unspecified atom stereocenters. The van der Waals surface area contributed by atoms with E-state index < -0.39 is 6.04 Å². The molecule has 1 aromatic heterocycles. The summed E-state index contributed by atoms with van der Waals surface area (Å²) in [5.41, 5.74) is 2.07. The third-order valence-corrected chi connectivity index (χ3v) is 6.40. The van der Waals surface area contributed by atoms with Crippen molar-refractivity contribution < 1.29 is 19.0 Å². The lowest BCUT2D eigenvalue weighted by Gasteiger charge is -2.28. The molecule has 8 nitrogen and oxygen atoms in total. The third kappa shape index (κ3) is 6.05. The Morgan fingerprint density at radius 2 is 1.91 bits per heavy atom. The predicted octanol–water partition coefficient (Wildman–Crippen LogP) is 5.60. The van der Waals surface area contributed by atoms with Crippen molar-refractivity contribution in [3.05, 3.63) is 35.0 Å². The number of benzene rings is 1. The Morgan fingerprint density at radius 1 is 1.12 bits per heavy atom. The van der Waals surface area contributed by atoms with Crippen LogP contribution in [0.4, 0.5) is 5.95 Å². The van der Waals surface area contributed by atoms with Crippen LogP contribution in [0.2, 0.25) is 0 Å². The normalized spacial score (nSPS) is 15.0. The molecule has 0 saturated heterocycles. The lowest BCUT2D eigenvalue weighted by atomic mass is 9.95. The molecule has 0 bridgehead atoms. The SMILES string of the molecule is CCCCOc1ccc(C2C(C(=O)OCCC)=C(C)Nc3nc(SCCCC)nn32)cc1OC. The van der Waals surface area contributed by atoms with Crippen LogP contribution < -0.4 is 14.8 Å². The number of hydrogen-bond donors (Lipinski definition) is 1. The van der Waals surface area contributed by atoms with Crippen LogP contribution in [-0.2, 0) is 9.53 Å². The molecule has 0 aliphatic carbocycles. The van der Waals surface area contributed by atoms with E-state index in [1.165, 1.54) is 0 Å². The number of aromatic nitrogens is 3. The second-order valence-electron chi connectivity index (χ2n) is 8.18. The van der Waals surface area contributed by atoms with Crippen molar-refractivity contribution in [3.8, 4) is 11.5 Å². The molecule has 0 saturated carbocycles. The topological polar surface area (TPSA) is 87.5 Å². The fourth-order valence-corrected chi connectivity index (χ4v) is 4.56. The Morgan fingerprint density at radius 3 is 2.62 bits per heavy atom. The highest BCUT2D eigenvalue weighted by molar-refractivity contribution is 7.99. The summed E-state index contributed by atoms with van der Waals surface area (Å²) in [6, 6.07) is 5.26. The van der Waals surface area contributed by atoms with Crippen molar-refractivity contribution in [2.75, 3.05) is 31.4 Å². The molecule has 186 valence electrons. The zero-order valence-electron chi connectivity index (χ0n) is 20.8. The van der Waals surface area contributed by atoms with Crippen molar-refractivity contribution in [2.45, 2.75) is 71.0 Å². The van der Waals surface area contributed by atoms with Gasteiger partial charge in [0.2, 0.25) is 11.1 Å². The van der Waals surface area contributed by atoms with E-state index in [1.54, 1.807) is 23.6 Å². The van der Waals surface area contributed by atoms with E-state index in [0.29, 0.717) is 47.1 Å². The van der Waals surface area contributed by atoms with E-state index in [0.717, 1.165) is 43.4 Å². The minimum Gasteiger partial charge on any atom is -0.493 e. The number of carbonyl (C=O) groups is 1. The lowest BCUT2D eigenvalue weighted by Crippen LogP contribution is -2.29. The molecule has 9 heteroatoms. The maximum Gasteiger partial charge on any atom is 0.338 e. The van der Waals surface area contributed by atoms with E-state index in [-0.39, 0.29) is 5.97 Å². The molecule has 1 aliphatic heterocycles. The lowest BCUT2D eigenvalue weighted by molar-refractivity contribution is -0.139. The average Bonchev–Trinajstić information content (AvgIpc) is 3.24. The highest BCUT2D eigenvalue weighted by atomic mass is 32.2. The first-order chi connectivity index (χ1) is 16.5. The molecule has 2 heterocycles. The van der Waals surface area contributed by atoms with Crippen LogP contribution in [0.3, 0.4) is 0 Å². The molecule has 3 rings (SSSR count). The monoisotopic (exact) mass is 488 g/mol. The maximum atomic E-state index is 13.1. The van der Waals surface area contributed by atoms with Gasteiger partial charge in [-0.05, 0) is 43.9 Å². The smallest absolute Gasteiger partial charge is 0.338 e. The molecule has 0 radical (unpaired) electrons. The first kappa shape index (κ1) is 25.9. The van der Waals surface area contributed by atoms with Gasteiger partial charge in [-0.2, -0.15) is 4.98 Å². The second-order valence-corrected chi connectivity index (χ2v) is 9.24. The Balaban J connectivity index is 2.02. The van der Waals surface area contributed by atoms with Crippen molar-refractivity contribution in [1.82, 2.24) is 14.8 Å². The molecule has 0 spiro atoms. The summed E-state index contributed by atoms with van der Waals surface area (Å²) in [4.78, 5) is 17.8. The molecule has 1 atom stereocenters. The summed E-state index contributed by atoms with van der Waals surface area (Å²) in [6.45, 7) is 9.12. The highest BCUT2D eigenvalue weighted by Crippen LogP contribution is 2.40. The van der Waals surface area contributed by atoms with Gasteiger partial charge in [0.1, 0.15) is 6.04 Å². The Bertz CT molecular complexity index is 1000. The molecule has 1 N–H and O–H groups in total. The first-order valence-corrected chi connectivity index (χ1v) is 13.1. The number of esters is 1. The van der Waals surface area contributed by atoms with Crippen LogP contribution in [0.1, 0.15) is 71.4 Å². The first-order valence-electron chi connectivity index (χ1n) is 12.1. The second kappa shape index (κ2) is 12.7. The molecule has 1 aliphatic rings. The molecule has 34 heavy (non-hydrogen) atoms. The summed E-state index contributed by atoms with van der Waals surface area (Å²) in [7, 11) is 1.62. The molecule has 1 aromatic carbocycles. The number of unbranched alkanes of at least 4 members (excludes halogenated alkanes) is 2. The van der Waals surface area contributed by atoms with Gasteiger partial charge in [-0.15, -0.1) is 5.10 Å². The molecular weight excluding hydrogens is 452 g/mol. The van der Waals surface area contributed by atoms with Gasteiger partial charge in [0.05, 0.1) is 25.9 Å². The summed E-state index contributed by atoms with van der Waals surface area (Å²) < 4.78 is 18.9. The zero-order valence-corrected chi connectivity index (χ0v) is 21.7. The predicted molar refractivity (Wildman–Crippen MR) is 135 cm³/mol. The maximum absolute atomic E-state index is 13.1. The number of rotatable bonds is 13. The third-order valence-electron chi connectivity index (χ3n) is 5.48. The average molecular weight is 489 g/mol. The van der Waals surface area contributed by atoms with Gasteiger partial charge in [-0.25, -0.2) is 9.48 Å². The zero-order chi connectivity index (χ0) is 24.5. The fourth-order valence-electron chi connectivity index (χ4n) is 3.65. The Labute approximate surface area is 206 Å². The van der Waals surface area contributed by atoms with Gasteiger partial charge in [0.15, 0.2) is 11.5 Å². The quantitative estimate of drug-likeness (QED) is 0.221. The number of ether oxygens (including phenoxy) is 3. The van der Waals surface area contributed by atoms with Crippen LogP contribution in [0.5, 0.6) is 11.5 Å². The van der Waals surface area contributed by atoms with Gasteiger partial charge >= 0.3 is 5.97 Å².